The van der Waals surface area contributed by atoms with Crippen LogP contribution in [0.15, 0.2) is 59.0 Å². The van der Waals surface area contributed by atoms with Crippen LogP contribution in [-0.2, 0) is 6.42 Å². The van der Waals surface area contributed by atoms with Crippen molar-refractivity contribution in [1.29, 1.82) is 0 Å². The Morgan fingerprint density at radius 1 is 1.27 bits per heavy atom. The summed E-state index contributed by atoms with van der Waals surface area (Å²) < 4.78 is 22.1. The third-order valence-electron chi connectivity index (χ3n) is 5.60. The van der Waals surface area contributed by atoms with Gasteiger partial charge in [0, 0.05) is 66.6 Å². The van der Waals surface area contributed by atoms with Gasteiger partial charge in [0.2, 0.25) is 0 Å². The molecule has 8 heteroatoms. The van der Waals surface area contributed by atoms with Gasteiger partial charge in [0.1, 0.15) is 17.2 Å². The second-order valence-corrected chi connectivity index (χ2v) is 8.43. The lowest BCUT2D eigenvalue weighted by atomic mass is 9.96. The van der Waals surface area contributed by atoms with Crippen molar-refractivity contribution in [2.45, 2.75) is 39.2 Å². The van der Waals surface area contributed by atoms with Gasteiger partial charge >= 0.3 is 0 Å². The van der Waals surface area contributed by atoms with E-state index in [0.717, 1.165) is 28.2 Å². The van der Waals surface area contributed by atoms with Crippen LogP contribution in [0.5, 0.6) is 5.75 Å². The van der Waals surface area contributed by atoms with E-state index in [1.54, 1.807) is 27.0 Å². The fraction of sp³-hybridized carbons (Fsp3) is 0.360. The number of nitrogens with two attached hydrogens (primary N) is 2. The van der Waals surface area contributed by atoms with Crippen molar-refractivity contribution in [3.63, 3.8) is 0 Å². The van der Waals surface area contributed by atoms with E-state index < -0.39 is 5.60 Å². The Morgan fingerprint density at radius 3 is 2.70 bits per heavy atom. The van der Waals surface area contributed by atoms with E-state index in [1.807, 2.05) is 35.9 Å². The van der Waals surface area contributed by atoms with Crippen molar-refractivity contribution in [2.24, 2.45) is 16.5 Å². The maximum Gasteiger partial charge on any atom is 0.136 e. The van der Waals surface area contributed by atoms with Crippen molar-refractivity contribution < 1.29 is 14.2 Å². The van der Waals surface area contributed by atoms with Gasteiger partial charge in [0.05, 0.1) is 12.2 Å². The molecule has 0 saturated heterocycles. The summed E-state index contributed by atoms with van der Waals surface area (Å²) in [6.45, 7) is 5.85. The number of pyridine rings is 1. The SMILES string of the molecule is CN=C(C)/C(CCOc1cc(F)ccc1-c1ccc2ncc(CCN)n2c1)=C(\N)C(C)(C)O. The fourth-order valence-corrected chi connectivity index (χ4v) is 3.66. The summed E-state index contributed by atoms with van der Waals surface area (Å²) >= 11 is 0. The van der Waals surface area contributed by atoms with Crippen LogP contribution in [0, 0.1) is 5.82 Å². The third-order valence-corrected chi connectivity index (χ3v) is 5.60. The molecule has 0 unspecified atom stereocenters. The Hall–Kier alpha value is -3.23. The van der Waals surface area contributed by atoms with Crippen LogP contribution < -0.4 is 16.2 Å². The second-order valence-electron chi connectivity index (χ2n) is 8.43. The molecule has 0 aliphatic rings. The molecule has 0 atom stereocenters. The third kappa shape index (κ3) is 5.58. The summed E-state index contributed by atoms with van der Waals surface area (Å²) in [5.74, 6) is 0.0291. The average molecular weight is 454 g/mol. The minimum Gasteiger partial charge on any atom is -0.492 e. The molecule has 33 heavy (non-hydrogen) atoms. The van der Waals surface area contributed by atoms with E-state index >= 15 is 0 Å². The molecule has 5 N–H and O–H groups in total. The van der Waals surface area contributed by atoms with Crippen LogP contribution in [-0.4, -0.2) is 46.0 Å². The van der Waals surface area contributed by atoms with Gasteiger partial charge in [-0.1, -0.05) is 0 Å². The van der Waals surface area contributed by atoms with Gasteiger partial charge in [-0.05, 0) is 57.2 Å². The highest BCUT2D eigenvalue weighted by atomic mass is 19.1. The summed E-state index contributed by atoms with van der Waals surface area (Å²) in [4.78, 5) is 8.62. The molecule has 0 radical (unpaired) electrons. The minimum absolute atomic E-state index is 0.237. The van der Waals surface area contributed by atoms with Crippen molar-refractivity contribution in [3.05, 3.63) is 65.5 Å². The predicted molar refractivity (Wildman–Crippen MR) is 130 cm³/mol. The van der Waals surface area contributed by atoms with Crippen LogP contribution >= 0.6 is 0 Å². The van der Waals surface area contributed by atoms with E-state index in [1.165, 1.54) is 12.1 Å². The van der Waals surface area contributed by atoms with Crippen molar-refractivity contribution >= 4 is 11.4 Å². The highest BCUT2D eigenvalue weighted by Gasteiger charge is 2.22. The van der Waals surface area contributed by atoms with Gasteiger partial charge in [-0.25, -0.2) is 9.37 Å². The normalized spacial score (nSPS) is 13.4. The Morgan fingerprint density at radius 2 is 2.03 bits per heavy atom. The number of nitrogens with zero attached hydrogens (tertiary/aromatic N) is 3. The zero-order valence-electron chi connectivity index (χ0n) is 19.6. The number of ether oxygens (including phenoxy) is 1. The summed E-state index contributed by atoms with van der Waals surface area (Å²) in [6, 6.07) is 8.32. The monoisotopic (exact) mass is 453 g/mol. The molecular formula is C25H32FN5O2. The number of aliphatic hydroxyl groups is 1. The highest BCUT2D eigenvalue weighted by Crippen LogP contribution is 2.32. The molecule has 0 amide bonds. The molecule has 3 rings (SSSR count). The summed E-state index contributed by atoms with van der Waals surface area (Å²) in [5, 5.41) is 10.3. The molecule has 0 saturated carbocycles. The van der Waals surface area contributed by atoms with Gasteiger partial charge < -0.3 is 25.7 Å². The smallest absolute Gasteiger partial charge is 0.136 e. The van der Waals surface area contributed by atoms with Crippen LogP contribution in [0.2, 0.25) is 0 Å². The van der Waals surface area contributed by atoms with E-state index in [4.69, 9.17) is 16.2 Å². The molecule has 7 nitrogen and oxygen atoms in total. The average Bonchev–Trinajstić information content (AvgIpc) is 3.17. The first kappa shape index (κ1) is 24.4. The van der Waals surface area contributed by atoms with Crippen molar-refractivity contribution in [1.82, 2.24) is 9.38 Å². The second kappa shape index (κ2) is 10.1. The zero-order valence-corrected chi connectivity index (χ0v) is 19.6. The van der Waals surface area contributed by atoms with E-state index in [9.17, 15) is 9.50 Å². The number of aliphatic imine (C=N–C) groups is 1. The molecule has 1 aromatic carbocycles. The molecule has 0 bridgehead atoms. The van der Waals surface area contributed by atoms with Gasteiger partial charge in [0.15, 0.2) is 0 Å². The van der Waals surface area contributed by atoms with Crippen molar-refractivity contribution in [3.8, 4) is 16.9 Å². The zero-order chi connectivity index (χ0) is 24.2. The fourth-order valence-electron chi connectivity index (χ4n) is 3.66. The minimum atomic E-state index is -1.19. The standard InChI is InChI=1S/C25H32FN5O2/c1-16(29-4)20(24(28)25(2,3)32)10-12-33-22-13-18(26)6-7-21(22)17-5-8-23-30-14-19(9-11-27)31(23)15-17/h5-8,13-15,32H,9-12,27-28H2,1-4H3/b24-20-,29-16?. The maximum absolute atomic E-state index is 14.1. The highest BCUT2D eigenvalue weighted by molar-refractivity contribution is 5.99. The summed E-state index contributed by atoms with van der Waals surface area (Å²) in [7, 11) is 1.67. The van der Waals surface area contributed by atoms with Gasteiger partial charge in [-0.2, -0.15) is 0 Å². The number of rotatable bonds is 9. The molecule has 0 spiro atoms. The summed E-state index contributed by atoms with van der Waals surface area (Å²) in [6.07, 6.45) is 4.88. The van der Waals surface area contributed by atoms with E-state index in [2.05, 4.69) is 9.98 Å². The molecule has 2 aromatic heterocycles. The first-order chi connectivity index (χ1) is 15.7. The first-order valence-corrected chi connectivity index (χ1v) is 10.9. The maximum atomic E-state index is 14.1. The summed E-state index contributed by atoms with van der Waals surface area (Å²) in [5.41, 5.74) is 15.9. The molecule has 2 heterocycles. The molecule has 176 valence electrons. The Bertz CT molecular complexity index is 1190. The van der Waals surface area contributed by atoms with Crippen LogP contribution in [0.4, 0.5) is 4.39 Å². The van der Waals surface area contributed by atoms with Crippen molar-refractivity contribution in [2.75, 3.05) is 20.2 Å². The lowest BCUT2D eigenvalue weighted by Crippen LogP contribution is -2.31. The van der Waals surface area contributed by atoms with Crippen LogP contribution in [0.25, 0.3) is 16.8 Å². The number of imidazole rings is 1. The van der Waals surface area contributed by atoms with Gasteiger partial charge in [0.25, 0.3) is 0 Å². The largest absolute Gasteiger partial charge is 0.492 e. The number of fused-ring (bicyclic) bond motifs is 1. The van der Waals surface area contributed by atoms with Crippen LogP contribution in [0.3, 0.4) is 0 Å². The Kier molecular flexibility index (Phi) is 7.50. The Labute approximate surface area is 193 Å². The predicted octanol–water partition coefficient (Wildman–Crippen LogP) is 3.48. The Balaban J connectivity index is 1.91. The number of hydrogen-bond donors (Lipinski definition) is 3. The quantitative estimate of drug-likeness (QED) is 0.430. The number of aromatic nitrogens is 2. The molecule has 0 fully saturated rings. The van der Waals surface area contributed by atoms with E-state index in [-0.39, 0.29) is 12.4 Å². The van der Waals surface area contributed by atoms with Gasteiger partial charge in [-0.3, -0.25) is 4.99 Å². The molecular weight excluding hydrogens is 421 g/mol. The molecule has 0 aliphatic carbocycles. The van der Waals surface area contributed by atoms with Gasteiger partial charge in [-0.15, -0.1) is 0 Å². The lowest BCUT2D eigenvalue weighted by molar-refractivity contribution is 0.117. The molecule has 3 aromatic rings. The number of hydrogen-bond acceptors (Lipinski definition) is 6. The number of benzene rings is 1. The van der Waals surface area contributed by atoms with Crippen LogP contribution in [0.1, 0.15) is 32.9 Å². The molecule has 0 aliphatic heterocycles. The first-order valence-electron chi connectivity index (χ1n) is 10.9. The lowest BCUT2D eigenvalue weighted by Gasteiger charge is -2.22. The van der Waals surface area contributed by atoms with E-state index in [0.29, 0.717) is 36.4 Å². The number of halogens is 1. The topological polar surface area (TPSA) is 111 Å².